The van der Waals surface area contributed by atoms with Gasteiger partial charge < -0.3 is 0 Å². The van der Waals surface area contributed by atoms with Gasteiger partial charge in [0.1, 0.15) is 11.6 Å². The Bertz CT molecular complexity index is 1460. The van der Waals surface area contributed by atoms with Crippen LogP contribution in [0.2, 0.25) is 10.0 Å². The Kier molecular flexibility index (Phi) is 8.24. The van der Waals surface area contributed by atoms with E-state index in [1.165, 1.54) is 0 Å². The number of nitrogens with zero attached hydrogens (tertiary/aromatic N) is 1. The van der Waals surface area contributed by atoms with E-state index in [2.05, 4.69) is 4.72 Å². The summed E-state index contributed by atoms with van der Waals surface area (Å²) in [4.78, 5) is 1.99. The van der Waals surface area contributed by atoms with E-state index in [4.69, 9.17) is 23.2 Å². The lowest BCUT2D eigenvalue weighted by atomic mass is 9.72. The number of sulfonamides is 1. The average Bonchev–Trinajstić information content (AvgIpc) is 2.76. The van der Waals surface area contributed by atoms with E-state index < -0.39 is 42.2 Å². The number of halogens is 4. The predicted octanol–water partition coefficient (Wildman–Crippen LogP) is 5.00. The molecule has 1 heterocycles. The van der Waals surface area contributed by atoms with Gasteiger partial charge in [0.15, 0.2) is 9.84 Å². The van der Waals surface area contributed by atoms with Crippen LogP contribution in [0.5, 0.6) is 0 Å². The molecule has 0 spiro atoms. The number of likely N-dealkylation sites (tertiary alicyclic amines) is 1. The van der Waals surface area contributed by atoms with Crippen LogP contribution in [0.15, 0.2) is 66.7 Å². The lowest BCUT2D eigenvalue weighted by Gasteiger charge is -2.56. The second kappa shape index (κ2) is 10.8. The molecule has 0 saturated carbocycles. The number of rotatable bonds is 9. The maximum atomic E-state index is 14.2. The van der Waals surface area contributed by atoms with Crippen molar-refractivity contribution in [3.05, 3.63) is 105 Å². The molecule has 0 bridgehead atoms. The van der Waals surface area contributed by atoms with Gasteiger partial charge in [0.05, 0.1) is 17.5 Å². The summed E-state index contributed by atoms with van der Waals surface area (Å²) in [6.45, 7) is -0.0191. The SMILES string of the molecule is CS(=O)(=O)NCC1(C(c2cc(F)cc(F)c2)S(C)(=O)=O)CN(C(c2ccc(Cl)cc2)c2ccc(Cl)cc2)C1. The van der Waals surface area contributed by atoms with Gasteiger partial charge in [-0.25, -0.2) is 30.3 Å². The summed E-state index contributed by atoms with van der Waals surface area (Å²) in [5.74, 6) is -1.84. The molecule has 1 fully saturated rings. The summed E-state index contributed by atoms with van der Waals surface area (Å²) in [7, 11) is -7.66. The monoisotopic (exact) mass is 602 g/mol. The first kappa shape index (κ1) is 28.9. The predicted molar refractivity (Wildman–Crippen MR) is 146 cm³/mol. The topological polar surface area (TPSA) is 83.5 Å². The first-order chi connectivity index (χ1) is 17.7. The zero-order valence-corrected chi connectivity index (χ0v) is 23.7. The smallest absolute Gasteiger partial charge is 0.208 e. The van der Waals surface area contributed by atoms with E-state index in [0.717, 1.165) is 35.8 Å². The van der Waals surface area contributed by atoms with Gasteiger partial charge in [0.2, 0.25) is 10.0 Å². The number of hydrogen-bond donors (Lipinski definition) is 1. The Balaban J connectivity index is 1.80. The van der Waals surface area contributed by atoms with E-state index in [9.17, 15) is 25.6 Å². The minimum Gasteiger partial charge on any atom is -0.291 e. The molecule has 1 N–H and O–H groups in total. The van der Waals surface area contributed by atoms with Crippen molar-refractivity contribution in [2.24, 2.45) is 5.41 Å². The van der Waals surface area contributed by atoms with Crippen molar-refractivity contribution in [3.63, 3.8) is 0 Å². The van der Waals surface area contributed by atoms with Gasteiger partial charge in [-0.3, -0.25) is 4.90 Å². The van der Waals surface area contributed by atoms with E-state index in [0.29, 0.717) is 16.1 Å². The molecule has 0 aliphatic carbocycles. The van der Waals surface area contributed by atoms with E-state index in [1.807, 2.05) is 29.2 Å². The van der Waals surface area contributed by atoms with Crippen molar-refractivity contribution in [1.29, 1.82) is 0 Å². The zero-order valence-electron chi connectivity index (χ0n) is 20.5. The molecule has 12 heteroatoms. The fraction of sp³-hybridized carbons (Fsp3) is 0.308. The first-order valence-corrected chi connectivity index (χ1v) is 16.1. The molecule has 1 aliphatic heterocycles. The molecule has 0 amide bonds. The summed E-state index contributed by atoms with van der Waals surface area (Å²) >= 11 is 12.2. The fourth-order valence-corrected chi connectivity index (χ4v) is 7.85. The van der Waals surface area contributed by atoms with Crippen LogP contribution in [0.4, 0.5) is 8.78 Å². The molecule has 204 valence electrons. The zero-order chi connectivity index (χ0) is 27.9. The van der Waals surface area contributed by atoms with Crippen LogP contribution in [0.3, 0.4) is 0 Å². The normalized spacial score (nSPS) is 16.8. The van der Waals surface area contributed by atoms with Gasteiger partial charge in [0, 0.05) is 47.4 Å². The minimum absolute atomic E-state index is 0.0745. The molecule has 3 aromatic rings. The molecule has 3 aromatic carbocycles. The van der Waals surface area contributed by atoms with Crippen molar-refractivity contribution in [1.82, 2.24) is 9.62 Å². The van der Waals surface area contributed by atoms with Crippen LogP contribution in [-0.4, -0.2) is 53.9 Å². The quantitative estimate of drug-likeness (QED) is 0.373. The summed E-state index contributed by atoms with van der Waals surface area (Å²) in [5.41, 5.74) is 0.450. The van der Waals surface area contributed by atoms with Gasteiger partial charge in [-0.15, -0.1) is 0 Å². The molecule has 1 atom stereocenters. The van der Waals surface area contributed by atoms with Gasteiger partial charge in [0.25, 0.3) is 0 Å². The highest BCUT2D eigenvalue weighted by atomic mass is 35.5. The van der Waals surface area contributed by atoms with Crippen LogP contribution in [0.1, 0.15) is 28.0 Å². The molecule has 6 nitrogen and oxygen atoms in total. The van der Waals surface area contributed by atoms with Crippen molar-refractivity contribution < 1.29 is 25.6 Å². The molecule has 4 rings (SSSR count). The minimum atomic E-state index is -3.96. The molecule has 38 heavy (non-hydrogen) atoms. The lowest BCUT2D eigenvalue weighted by Crippen LogP contribution is -2.65. The van der Waals surface area contributed by atoms with Crippen LogP contribution in [0, 0.1) is 17.0 Å². The Labute approximate surface area is 231 Å². The number of sulfone groups is 1. The Morgan fingerprint density at radius 1 is 0.816 bits per heavy atom. The number of nitrogens with one attached hydrogen (secondary N) is 1. The average molecular weight is 604 g/mol. The van der Waals surface area contributed by atoms with Gasteiger partial charge in [-0.05, 0) is 53.1 Å². The van der Waals surface area contributed by atoms with Gasteiger partial charge in [-0.2, -0.15) is 0 Å². The Hall–Kier alpha value is -2.08. The van der Waals surface area contributed by atoms with Crippen LogP contribution < -0.4 is 4.72 Å². The second-order valence-corrected chi connectivity index (χ2v) is 14.6. The van der Waals surface area contributed by atoms with Crippen molar-refractivity contribution in [3.8, 4) is 0 Å². The summed E-state index contributed by atoms with van der Waals surface area (Å²) < 4.78 is 81.2. The Morgan fingerprint density at radius 2 is 1.26 bits per heavy atom. The van der Waals surface area contributed by atoms with Crippen molar-refractivity contribution in [2.45, 2.75) is 11.3 Å². The van der Waals surface area contributed by atoms with E-state index >= 15 is 0 Å². The molecular weight excluding hydrogens is 577 g/mol. The highest BCUT2D eigenvalue weighted by molar-refractivity contribution is 7.91. The highest BCUT2D eigenvalue weighted by Crippen LogP contribution is 2.50. The molecule has 0 aromatic heterocycles. The van der Waals surface area contributed by atoms with Crippen molar-refractivity contribution in [2.75, 3.05) is 32.1 Å². The molecule has 1 aliphatic rings. The summed E-state index contributed by atoms with van der Waals surface area (Å²) in [6, 6.07) is 16.7. The van der Waals surface area contributed by atoms with Crippen molar-refractivity contribution >= 4 is 43.1 Å². The third-order valence-corrected chi connectivity index (χ3v) is 9.43. The molecule has 0 radical (unpaired) electrons. The number of hydrogen-bond acceptors (Lipinski definition) is 5. The van der Waals surface area contributed by atoms with E-state index in [1.54, 1.807) is 24.3 Å². The maximum absolute atomic E-state index is 14.2. The summed E-state index contributed by atoms with van der Waals surface area (Å²) in [5, 5.41) is -0.282. The maximum Gasteiger partial charge on any atom is 0.208 e. The van der Waals surface area contributed by atoms with Gasteiger partial charge >= 0.3 is 0 Å². The second-order valence-electron chi connectivity index (χ2n) is 9.78. The fourth-order valence-electron chi connectivity index (χ4n) is 5.28. The standard InChI is InChI=1S/C26H26Cl2F2N2O4S2/c1-37(33,34)25(19-11-22(29)13-23(30)12-19)26(14-31-38(2,35)36)15-32(16-26)24(17-3-7-20(27)8-4-17)18-5-9-21(28)10-6-18/h3-13,24-25,31H,14-16H2,1-2H3. The third kappa shape index (κ3) is 6.55. The Morgan fingerprint density at radius 3 is 1.66 bits per heavy atom. The lowest BCUT2D eigenvalue weighted by molar-refractivity contribution is -0.0212. The highest BCUT2D eigenvalue weighted by Gasteiger charge is 2.55. The van der Waals surface area contributed by atoms with Gasteiger partial charge in [-0.1, -0.05) is 47.5 Å². The molecule has 1 unspecified atom stereocenters. The third-order valence-electron chi connectivity index (χ3n) is 6.63. The first-order valence-electron chi connectivity index (χ1n) is 11.5. The van der Waals surface area contributed by atoms with Crippen LogP contribution in [0.25, 0.3) is 0 Å². The molecular formula is C26H26Cl2F2N2O4S2. The van der Waals surface area contributed by atoms with Crippen LogP contribution >= 0.6 is 23.2 Å². The largest absolute Gasteiger partial charge is 0.291 e. The molecule has 1 saturated heterocycles. The summed E-state index contributed by atoms with van der Waals surface area (Å²) in [6.07, 6.45) is 1.96. The van der Waals surface area contributed by atoms with Crippen LogP contribution in [-0.2, 0) is 19.9 Å². The number of benzene rings is 3. The van der Waals surface area contributed by atoms with E-state index in [-0.39, 0.29) is 31.2 Å².